The Balaban J connectivity index is 2.36. The summed E-state index contributed by atoms with van der Waals surface area (Å²) in [4.78, 5) is 0. The maximum Gasteiger partial charge on any atom is 0.137 e. The van der Waals surface area contributed by atoms with E-state index in [9.17, 15) is 5.11 Å². The Bertz CT molecular complexity index is 556. The first kappa shape index (κ1) is 15.0. The zero-order chi connectivity index (χ0) is 15.1. The number of ether oxygens (including phenoxy) is 2. The molecule has 0 fully saturated rings. The number of hydrogen-bond acceptors (Lipinski definition) is 3. The van der Waals surface area contributed by atoms with Crippen LogP contribution in [0.5, 0.6) is 11.5 Å². The monoisotopic (exact) mass is 292 g/mol. The van der Waals surface area contributed by atoms with Gasteiger partial charge >= 0.3 is 0 Å². The van der Waals surface area contributed by atoms with Gasteiger partial charge < -0.3 is 14.6 Å². The summed E-state index contributed by atoms with van der Waals surface area (Å²) in [7, 11) is -1.14. The van der Waals surface area contributed by atoms with E-state index in [4.69, 9.17) is 9.47 Å². The van der Waals surface area contributed by atoms with Gasteiger partial charge in [-0.05, 0) is 25.5 Å². The molecule has 0 aromatic heterocycles. The second kappa shape index (κ2) is 5.17. The number of benzene rings is 1. The Hall–Kier alpha value is -1.42. The third kappa shape index (κ3) is 2.70. The van der Waals surface area contributed by atoms with E-state index in [0.29, 0.717) is 24.7 Å². The average molecular weight is 292 g/mol. The van der Waals surface area contributed by atoms with Gasteiger partial charge in [-0.25, -0.2) is 0 Å². The van der Waals surface area contributed by atoms with Crippen LogP contribution in [-0.2, 0) is 11.3 Å². The van der Waals surface area contributed by atoms with Crippen molar-refractivity contribution in [1.82, 2.24) is 0 Å². The van der Waals surface area contributed by atoms with Crippen LogP contribution in [0.15, 0.2) is 6.58 Å². The van der Waals surface area contributed by atoms with Gasteiger partial charge in [-0.3, -0.25) is 0 Å². The van der Waals surface area contributed by atoms with Gasteiger partial charge in [0.2, 0.25) is 0 Å². The molecule has 0 bridgehead atoms. The Labute approximate surface area is 122 Å². The Morgan fingerprint density at radius 1 is 1.25 bits per heavy atom. The number of fused-ring (bicyclic) bond motifs is 1. The minimum absolute atomic E-state index is 0.310. The topological polar surface area (TPSA) is 38.7 Å². The van der Waals surface area contributed by atoms with Gasteiger partial charge in [0.15, 0.2) is 0 Å². The predicted molar refractivity (Wildman–Crippen MR) is 85.1 cm³/mol. The Kier molecular flexibility index (Phi) is 3.87. The molecule has 0 aliphatic carbocycles. The zero-order valence-corrected chi connectivity index (χ0v) is 14.1. The molecule has 1 heterocycles. The summed E-state index contributed by atoms with van der Waals surface area (Å²) in [6, 6.07) is 1.09. The van der Waals surface area contributed by atoms with Crippen LogP contribution in [0, 0.1) is 13.8 Å². The van der Waals surface area contributed by atoms with E-state index in [-0.39, 0.29) is 0 Å². The molecule has 0 amide bonds. The molecule has 1 N–H and O–H groups in total. The van der Waals surface area contributed by atoms with E-state index >= 15 is 0 Å². The van der Waals surface area contributed by atoms with Crippen LogP contribution in [-0.4, -0.2) is 19.8 Å². The lowest BCUT2D eigenvalue weighted by Gasteiger charge is -2.19. The fraction of sp³-hybridized carbons (Fsp3) is 0.500. The molecule has 1 aromatic rings. The van der Waals surface area contributed by atoms with E-state index < -0.39 is 8.07 Å². The van der Waals surface area contributed by atoms with Crippen molar-refractivity contribution < 1.29 is 14.6 Å². The van der Waals surface area contributed by atoms with Gasteiger partial charge in [-0.15, -0.1) is 0 Å². The van der Waals surface area contributed by atoms with Crippen molar-refractivity contribution in [3.05, 3.63) is 28.8 Å². The first-order chi connectivity index (χ1) is 9.22. The SMILES string of the molecule is C=C1OCc2c(C)c(O)c(C)c(OCC[Si](C)(C)C)c21. The highest BCUT2D eigenvalue weighted by Crippen LogP contribution is 2.45. The van der Waals surface area contributed by atoms with Crippen LogP contribution < -0.4 is 4.74 Å². The van der Waals surface area contributed by atoms with Crippen molar-refractivity contribution in [3.63, 3.8) is 0 Å². The van der Waals surface area contributed by atoms with Crippen LogP contribution in [0.1, 0.15) is 22.3 Å². The maximum atomic E-state index is 10.2. The van der Waals surface area contributed by atoms with E-state index in [0.717, 1.165) is 34.0 Å². The lowest BCUT2D eigenvalue weighted by Crippen LogP contribution is -2.22. The second-order valence-electron chi connectivity index (χ2n) is 6.65. The molecule has 1 aliphatic heterocycles. The molecule has 2 rings (SSSR count). The maximum absolute atomic E-state index is 10.2. The third-order valence-corrected chi connectivity index (χ3v) is 5.50. The van der Waals surface area contributed by atoms with Gasteiger partial charge in [0.1, 0.15) is 23.9 Å². The molecule has 0 saturated carbocycles. The summed E-state index contributed by atoms with van der Waals surface area (Å²) in [5.74, 6) is 1.70. The lowest BCUT2D eigenvalue weighted by molar-refractivity contribution is 0.285. The zero-order valence-electron chi connectivity index (χ0n) is 13.1. The quantitative estimate of drug-likeness (QED) is 0.844. The summed E-state index contributed by atoms with van der Waals surface area (Å²) in [5, 5.41) is 10.2. The van der Waals surface area contributed by atoms with Gasteiger partial charge in [-0.1, -0.05) is 26.2 Å². The number of phenols is 1. The van der Waals surface area contributed by atoms with Gasteiger partial charge in [-0.2, -0.15) is 0 Å². The van der Waals surface area contributed by atoms with Crippen molar-refractivity contribution in [2.75, 3.05) is 6.61 Å². The van der Waals surface area contributed by atoms with Crippen molar-refractivity contribution in [1.29, 1.82) is 0 Å². The fourth-order valence-electron chi connectivity index (χ4n) is 2.39. The fourth-order valence-corrected chi connectivity index (χ4v) is 3.10. The molecule has 4 heteroatoms. The molecule has 0 saturated heterocycles. The molecule has 1 aliphatic rings. The smallest absolute Gasteiger partial charge is 0.137 e. The van der Waals surface area contributed by atoms with E-state index in [1.807, 2.05) is 13.8 Å². The average Bonchev–Trinajstić information content (AvgIpc) is 2.72. The largest absolute Gasteiger partial charge is 0.507 e. The molecular formula is C16H24O3Si. The number of hydrogen-bond donors (Lipinski definition) is 1. The summed E-state index contributed by atoms with van der Waals surface area (Å²) < 4.78 is 11.5. The highest BCUT2D eigenvalue weighted by Gasteiger charge is 2.28. The third-order valence-electron chi connectivity index (χ3n) is 3.80. The molecular weight excluding hydrogens is 268 g/mol. The van der Waals surface area contributed by atoms with E-state index in [2.05, 4.69) is 26.2 Å². The standard InChI is InChI=1S/C16H24O3Si/c1-10-13-9-19-12(3)14(13)16(11(2)15(10)17)18-7-8-20(4,5)6/h17H,3,7-9H2,1-2,4-6H3. The lowest BCUT2D eigenvalue weighted by atomic mass is 9.97. The molecule has 110 valence electrons. The molecule has 0 radical (unpaired) electrons. The normalized spacial score (nSPS) is 14.2. The predicted octanol–water partition coefficient (Wildman–Crippen LogP) is 4.23. The first-order valence-corrected chi connectivity index (χ1v) is 10.7. The Morgan fingerprint density at radius 2 is 1.90 bits per heavy atom. The van der Waals surface area contributed by atoms with Gasteiger partial charge in [0, 0.05) is 19.2 Å². The van der Waals surface area contributed by atoms with Crippen LogP contribution in [0.4, 0.5) is 0 Å². The van der Waals surface area contributed by atoms with Crippen LogP contribution in [0.2, 0.25) is 25.7 Å². The van der Waals surface area contributed by atoms with Crippen molar-refractivity contribution in [3.8, 4) is 11.5 Å². The summed E-state index contributed by atoms with van der Waals surface area (Å²) in [5.41, 5.74) is 3.59. The number of aromatic hydroxyl groups is 1. The molecule has 1 aromatic carbocycles. The van der Waals surface area contributed by atoms with E-state index in [1.165, 1.54) is 0 Å². The molecule has 3 nitrogen and oxygen atoms in total. The first-order valence-electron chi connectivity index (χ1n) is 7.02. The highest BCUT2D eigenvalue weighted by molar-refractivity contribution is 6.76. The van der Waals surface area contributed by atoms with Crippen molar-refractivity contribution >= 4 is 13.8 Å². The highest BCUT2D eigenvalue weighted by atomic mass is 28.3. The molecule has 0 atom stereocenters. The summed E-state index contributed by atoms with van der Waals surface area (Å²) in [6.07, 6.45) is 0. The molecule has 0 unspecified atom stereocenters. The summed E-state index contributed by atoms with van der Waals surface area (Å²) >= 11 is 0. The van der Waals surface area contributed by atoms with Crippen LogP contribution >= 0.6 is 0 Å². The van der Waals surface area contributed by atoms with Crippen molar-refractivity contribution in [2.24, 2.45) is 0 Å². The van der Waals surface area contributed by atoms with E-state index in [1.54, 1.807) is 0 Å². The Morgan fingerprint density at radius 3 is 2.50 bits per heavy atom. The number of phenolic OH excluding ortho intramolecular Hbond substituents is 1. The van der Waals surface area contributed by atoms with Crippen molar-refractivity contribution in [2.45, 2.75) is 46.1 Å². The minimum Gasteiger partial charge on any atom is -0.507 e. The molecule has 20 heavy (non-hydrogen) atoms. The minimum atomic E-state index is -1.14. The van der Waals surface area contributed by atoms with Gasteiger partial charge in [0.25, 0.3) is 0 Å². The molecule has 0 spiro atoms. The van der Waals surface area contributed by atoms with Gasteiger partial charge in [0.05, 0.1) is 12.2 Å². The van der Waals surface area contributed by atoms with Crippen LogP contribution in [0.3, 0.4) is 0 Å². The van der Waals surface area contributed by atoms with Crippen LogP contribution in [0.25, 0.3) is 5.76 Å². The second-order valence-corrected chi connectivity index (χ2v) is 12.3. The number of rotatable bonds is 4. The summed E-state index contributed by atoms with van der Waals surface area (Å²) in [6.45, 7) is 15.9.